The molecule has 172 valence electrons. The summed E-state index contributed by atoms with van der Waals surface area (Å²) in [5.74, 6) is 1.18. The van der Waals surface area contributed by atoms with Crippen LogP contribution in [0.25, 0.3) is 0 Å². The van der Waals surface area contributed by atoms with E-state index < -0.39 is 0 Å². The molecule has 0 aliphatic rings. The Hall–Kier alpha value is -3.14. The summed E-state index contributed by atoms with van der Waals surface area (Å²) in [6, 6.07) is 24.1. The fraction of sp³-hybridized carbons (Fsp3) is 0.0833. The summed E-state index contributed by atoms with van der Waals surface area (Å²) in [5, 5.41) is 16.9. The number of rotatable bonds is 9. The van der Waals surface area contributed by atoms with Gasteiger partial charge in [0.25, 0.3) is 0 Å². The van der Waals surface area contributed by atoms with E-state index in [9.17, 15) is 4.79 Å². The number of para-hydroxylation sites is 1. The highest BCUT2D eigenvalue weighted by Crippen LogP contribution is 2.20. The monoisotopic (exact) mass is 555 g/mol. The molecule has 10 heteroatoms. The molecular formula is C24H19BrClN5O2S. The van der Waals surface area contributed by atoms with E-state index in [0.717, 1.165) is 10.0 Å². The number of nitrogens with one attached hydrogen (secondary N) is 1. The minimum Gasteiger partial charge on any atom is -0.486 e. The summed E-state index contributed by atoms with van der Waals surface area (Å²) in [5.41, 5.74) is 1.57. The molecule has 1 aromatic heterocycles. The van der Waals surface area contributed by atoms with Crippen LogP contribution in [0.5, 0.6) is 5.75 Å². The average molecular weight is 557 g/mol. The zero-order valence-electron chi connectivity index (χ0n) is 17.8. The van der Waals surface area contributed by atoms with Crippen molar-refractivity contribution in [3.63, 3.8) is 0 Å². The van der Waals surface area contributed by atoms with Crippen LogP contribution in [-0.4, -0.2) is 32.7 Å². The molecule has 0 unspecified atom stereocenters. The molecule has 0 aliphatic heterocycles. The van der Waals surface area contributed by atoms with Gasteiger partial charge in [-0.1, -0.05) is 69.6 Å². The van der Waals surface area contributed by atoms with Crippen molar-refractivity contribution < 1.29 is 9.53 Å². The van der Waals surface area contributed by atoms with Crippen LogP contribution in [0.2, 0.25) is 5.02 Å². The first-order valence-electron chi connectivity index (χ1n) is 10.2. The van der Waals surface area contributed by atoms with Gasteiger partial charge < -0.3 is 10.1 Å². The molecule has 0 atom stereocenters. The van der Waals surface area contributed by atoms with Crippen LogP contribution >= 0.6 is 39.3 Å². The van der Waals surface area contributed by atoms with E-state index in [1.54, 1.807) is 35.2 Å². The van der Waals surface area contributed by atoms with Crippen LogP contribution in [-0.2, 0) is 11.4 Å². The van der Waals surface area contributed by atoms with Crippen molar-refractivity contribution >= 4 is 57.1 Å². The first-order valence-corrected chi connectivity index (χ1v) is 12.3. The summed E-state index contributed by atoms with van der Waals surface area (Å²) < 4.78 is 8.39. The highest BCUT2D eigenvalue weighted by molar-refractivity contribution is 9.10. The summed E-state index contributed by atoms with van der Waals surface area (Å²) in [6.45, 7) is 0.173. The van der Waals surface area contributed by atoms with Gasteiger partial charge in [0, 0.05) is 15.2 Å². The lowest BCUT2D eigenvalue weighted by Crippen LogP contribution is -2.14. The molecule has 0 fully saturated rings. The van der Waals surface area contributed by atoms with Gasteiger partial charge >= 0.3 is 0 Å². The standard InChI is InChI=1S/C24H19BrClN5O2S/c25-18-8-6-17(7-9-18)14-27-31-22(15-33-21-4-2-1-3-5-21)29-30-24(31)34-16-23(32)28-20-12-10-19(26)11-13-20/h1-14H,15-16H2,(H,28,32). The molecule has 0 spiro atoms. The van der Waals surface area contributed by atoms with Gasteiger partial charge in [-0.3, -0.25) is 4.79 Å². The maximum absolute atomic E-state index is 12.4. The Bertz CT molecular complexity index is 1270. The number of halogens is 2. The zero-order valence-corrected chi connectivity index (χ0v) is 20.9. The number of carbonyl (C=O) groups excluding carboxylic acids is 1. The maximum atomic E-state index is 12.4. The number of nitrogens with zero attached hydrogens (tertiary/aromatic N) is 4. The van der Waals surface area contributed by atoms with Gasteiger partial charge in [0.05, 0.1) is 12.0 Å². The molecule has 0 saturated heterocycles. The molecule has 0 bridgehead atoms. The van der Waals surface area contributed by atoms with Crippen molar-refractivity contribution in [1.82, 2.24) is 14.9 Å². The van der Waals surface area contributed by atoms with Crippen molar-refractivity contribution in [3.05, 3.63) is 99.7 Å². The first-order chi connectivity index (χ1) is 16.6. The van der Waals surface area contributed by atoms with Gasteiger partial charge in [0.15, 0.2) is 5.82 Å². The maximum Gasteiger partial charge on any atom is 0.234 e. The van der Waals surface area contributed by atoms with Crippen molar-refractivity contribution in [3.8, 4) is 5.75 Å². The Kier molecular flexibility index (Phi) is 8.35. The van der Waals surface area contributed by atoms with Crippen molar-refractivity contribution in [2.45, 2.75) is 11.8 Å². The van der Waals surface area contributed by atoms with Gasteiger partial charge in [-0.05, 0) is 54.1 Å². The quantitative estimate of drug-likeness (QED) is 0.205. The average Bonchev–Trinajstić information content (AvgIpc) is 3.25. The van der Waals surface area contributed by atoms with Crippen molar-refractivity contribution in [2.75, 3.05) is 11.1 Å². The molecule has 1 heterocycles. The molecule has 34 heavy (non-hydrogen) atoms. The Balaban J connectivity index is 1.48. The van der Waals surface area contributed by atoms with Crippen LogP contribution in [0.4, 0.5) is 5.69 Å². The number of amides is 1. The lowest BCUT2D eigenvalue weighted by atomic mass is 10.2. The molecule has 4 rings (SSSR count). The van der Waals surface area contributed by atoms with Crippen LogP contribution in [0, 0.1) is 0 Å². The number of ether oxygens (including phenoxy) is 1. The number of hydrogen-bond acceptors (Lipinski definition) is 6. The molecular weight excluding hydrogens is 538 g/mol. The lowest BCUT2D eigenvalue weighted by molar-refractivity contribution is -0.113. The van der Waals surface area contributed by atoms with Crippen LogP contribution in [0.15, 0.2) is 93.6 Å². The SMILES string of the molecule is O=C(CSc1nnc(COc2ccccc2)n1N=Cc1ccc(Br)cc1)Nc1ccc(Cl)cc1. The van der Waals surface area contributed by atoms with E-state index >= 15 is 0 Å². The van der Waals surface area contributed by atoms with Crippen LogP contribution < -0.4 is 10.1 Å². The largest absolute Gasteiger partial charge is 0.486 e. The van der Waals surface area contributed by atoms with Gasteiger partial charge in [-0.25, -0.2) is 0 Å². The highest BCUT2D eigenvalue weighted by atomic mass is 79.9. The Morgan fingerprint density at radius 1 is 1.06 bits per heavy atom. The molecule has 0 saturated carbocycles. The lowest BCUT2D eigenvalue weighted by Gasteiger charge is -2.07. The van der Waals surface area contributed by atoms with Gasteiger partial charge in [0.2, 0.25) is 11.1 Å². The van der Waals surface area contributed by atoms with Crippen LogP contribution in [0.3, 0.4) is 0 Å². The van der Waals surface area contributed by atoms with Crippen LogP contribution in [0.1, 0.15) is 11.4 Å². The third kappa shape index (κ3) is 6.93. The second-order valence-electron chi connectivity index (χ2n) is 6.95. The number of carbonyl (C=O) groups is 1. The second-order valence-corrected chi connectivity index (χ2v) is 9.25. The fourth-order valence-corrected chi connectivity index (χ4v) is 3.89. The summed E-state index contributed by atoms with van der Waals surface area (Å²) in [4.78, 5) is 12.4. The smallest absolute Gasteiger partial charge is 0.234 e. The van der Waals surface area contributed by atoms with E-state index in [1.807, 2.05) is 54.6 Å². The number of anilines is 1. The summed E-state index contributed by atoms with van der Waals surface area (Å²) >= 11 is 10.6. The van der Waals surface area contributed by atoms with Gasteiger partial charge in [-0.15, -0.1) is 10.2 Å². The summed E-state index contributed by atoms with van der Waals surface area (Å²) in [7, 11) is 0. The molecule has 1 amide bonds. The molecule has 4 aromatic rings. The number of benzene rings is 3. The molecule has 1 N–H and O–H groups in total. The Labute approximate surface area is 214 Å². The van der Waals surface area contributed by atoms with E-state index in [4.69, 9.17) is 16.3 Å². The third-order valence-electron chi connectivity index (χ3n) is 4.44. The molecule has 7 nitrogen and oxygen atoms in total. The van der Waals surface area contributed by atoms with Crippen molar-refractivity contribution in [2.24, 2.45) is 5.10 Å². The highest BCUT2D eigenvalue weighted by Gasteiger charge is 2.15. The zero-order chi connectivity index (χ0) is 23.8. The molecule has 0 aliphatic carbocycles. The topological polar surface area (TPSA) is 81.4 Å². The third-order valence-corrected chi connectivity index (χ3v) is 6.14. The number of aromatic nitrogens is 3. The van der Waals surface area contributed by atoms with Gasteiger partial charge in [-0.2, -0.15) is 9.78 Å². The minimum absolute atomic E-state index is 0.133. The second kappa shape index (κ2) is 11.8. The molecule has 0 radical (unpaired) electrons. The predicted octanol–water partition coefficient (Wildman–Crippen LogP) is 5.89. The van der Waals surface area contributed by atoms with E-state index in [1.165, 1.54) is 11.8 Å². The predicted molar refractivity (Wildman–Crippen MR) is 139 cm³/mol. The van der Waals surface area contributed by atoms with E-state index in [0.29, 0.717) is 27.4 Å². The van der Waals surface area contributed by atoms with E-state index in [2.05, 4.69) is 36.5 Å². The molecule has 3 aromatic carbocycles. The minimum atomic E-state index is -0.180. The Morgan fingerprint density at radius 3 is 2.53 bits per heavy atom. The number of hydrogen-bond donors (Lipinski definition) is 1. The summed E-state index contributed by atoms with van der Waals surface area (Å²) in [6.07, 6.45) is 1.71. The fourth-order valence-electron chi connectivity index (χ4n) is 2.79. The van der Waals surface area contributed by atoms with Crippen molar-refractivity contribution in [1.29, 1.82) is 0 Å². The Morgan fingerprint density at radius 2 is 1.79 bits per heavy atom. The normalized spacial score (nSPS) is 11.0. The van der Waals surface area contributed by atoms with Gasteiger partial charge in [0.1, 0.15) is 12.4 Å². The number of thioether (sulfide) groups is 1. The first kappa shape index (κ1) is 24.0. The van der Waals surface area contributed by atoms with E-state index in [-0.39, 0.29) is 18.3 Å².